The largest absolute Gasteiger partial charge is 0.462 e. The fourth-order valence-corrected chi connectivity index (χ4v) is 6.59. The van der Waals surface area contributed by atoms with Crippen molar-refractivity contribution in [1.82, 2.24) is 0 Å². The van der Waals surface area contributed by atoms with Crippen LogP contribution in [0.5, 0.6) is 0 Å². The molecule has 0 saturated carbocycles. The van der Waals surface area contributed by atoms with Crippen LogP contribution in [0.2, 0.25) is 0 Å². The summed E-state index contributed by atoms with van der Waals surface area (Å²) in [4.78, 5) is 54.0. The number of fused-ring (bicyclic) bond motifs is 4. The minimum Gasteiger partial charge on any atom is -0.462 e. The Morgan fingerprint density at radius 1 is 0.609 bits per heavy atom. The number of ether oxygens (including phenoxy) is 4. The van der Waals surface area contributed by atoms with Gasteiger partial charge in [-0.15, -0.1) is 0 Å². The maximum Gasteiger partial charge on any atom is 0.340 e. The average Bonchev–Trinajstić information content (AvgIpc) is 3.50. The highest BCUT2D eigenvalue weighted by molar-refractivity contribution is 6.23. The van der Waals surface area contributed by atoms with Gasteiger partial charge >= 0.3 is 11.9 Å². The number of carbonyl (C=O) groups excluding carboxylic acids is 4. The Bertz CT molecular complexity index is 1870. The van der Waals surface area contributed by atoms with E-state index in [4.69, 9.17) is 30.4 Å². The van der Waals surface area contributed by atoms with E-state index in [0.717, 1.165) is 0 Å². The zero-order valence-electron chi connectivity index (χ0n) is 24.9. The van der Waals surface area contributed by atoms with E-state index in [1.54, 1.807) is 86.6 Å². The Morgan fingerprint density at radius 3 is 1.30 bits per heavy atom. The molecule has 4 N–H and O–H groups in total. The molecule has 0 fully saturated rings. The van der Waals surface area contributed by atoms with E-state index in [1.165, 1.54) is 0 Å². The van der Waals surface area contributed by atoms with Crippen LogP contribution in [0.1, 0.15) is 68.7 Å². The second-order valence-corrected chi connectivity index (χ2v) is 11.0. The van der Waals surface area contributed by atoms with Crippen molar-refractivity contribution in [1.29, 1.82) is 0 Å². The molecule has 2 unspecified atom stereocenters. The molecule has 0 bridgehead atoms. The molecular formula is C36H28N2O8. The summed E-state index contributed by atoms with van der Waals surface area (Å²) in [5.74, 6) is -3.58. The zero-order chi connectivity index (χ0) is 32.3. The lowest BCUT2D eigenvalue weighted by atomic mass is 9.78. The highest BCUT2D eigenvalue weighted by atomic mass is 16.5. The summed E-state index contributed by atoms with van der Waals surface area (Å²) in [6.07, 6.45) is 0. The highest BCUT2D eigenvalue weighted by Crippen LogP contribution is 2.51. The van der Waals surface area contributed by atoms with Crippen LogP contribution in [0.15, 0.2) is 107 Å². The third-order valence-corrected chi connectivity index (χ3v) is 8.51. The Morgan fingerprint density at radius 2 is 0.957 bits per heavy atom. The number of ketones is 2. The van der Waals surface area contributed by atoms with Crippen molar-refractivity contribution in [3.8, 4) is 0 Å². The lowest BCUT2D eigenvalue weighted by Gasteiger charge is -2.29. The molecule has 0 aromatic heterocycles. The first-order valence-corrected chi connectivity index (χ1v) is 14.8. The van der Waals surface area contributed by atoms with Gasteiger partial charge in [0.25, 0.3) is 0 Å². The molecule has 0 spiro atoms. The maximum atomic E-state index is 13.8. The van der Waals surface area contributed by atoms with Gasteiger partial charge < -0.3 is 30.4 Å². The molecule has 3 aromatic carbocycles. The lowest BCUT2D eigenvalue weighted by Crippen LogP contribution is -2.28. The molecule has 3 aromatic rings. The van der Waals surface area contributed by atoms with E-state index in [1.807, 2.05) is 0 Å². The van der Waals surface area contributed by atoms with Crippen molar-refractivity contribution in [2.45, 2.75) is 25.7 Å². The monoisotopic (exact) mass is 616 g/mol. The third kappa shape index (κ3) is 4.17. The zero-order valence-corrected chi connectivity index (χ0v) is 24.9. The van der Waals surface area contributed by atoms with Gasteiger partial charge in [-0.3, -0.25) is 9.59 Å². The lowest BCUT2D eigenvalue weighted by molar-refractivity contribution is -0.140. The first-order valence-electron chi connectivity index (χ1n) is 14.8. The van der Waals surface area contributed by atoms with Gasteiger partial charge in [-0.2, -0.15) is 0 Å². The summed E-state index contributed by atoms with van der Waals surface area (Å²) in [7, 11) is 0. The second kappa shape index (κ2) is 10.9. The third-order valence-electron chi connectivity index (χ3n) is 8.51. The average molecular weight is 617 g/mol. The molecule has 0 saturated heterocycles. The van der Waals surface area contributed by atoms with E-state index < -0.39 is 23.8 Å². The summed E-state index contributed by atoms with van der Waals surface area (Å²) >= 11 is 0. The van der Waals surface area contributed by atoms with Gasteiger partial charge in [-0.05, 0) is 25.0 Å². The SMILES string of the molecule is CCOC(=O)C1=C(N)OC2=C(C(=O)c3ccccc32)C1c1ccc(C2C(C(=O)OCC)=C(N)OC3=C2C(=O)c2ccccc23)cc1. The Kier molecular flexibility index (Phi) is 6.85. The van der Waals surface area contributed by atoms with Gasteiger partial charge in [0, 0.05) is 22.3 Å². The summed E-state index contributed by atoms with van der Waals surface area (Å²) in [5, 5.41) is 0. The number of nitrogens with two attached hydrogens (primary N) is 2. The van der Waals surface area contributed by atoms with Crippen molar-refractivity contribution in [2.75, 3.05) is 13.2 Å². The standard InChI is InChI=1S/C36H28N2O8/c1-3-43-35(41)27-23(25-29(39)19-9-5-7-11-21(19)31(25)45-33(27)37)17-13-15-18(16-14-17)24-26-30(40)20-10-6-8-12-22(20)32(26)46-34(38)28(24)36(42)44-4-2/h5-16,23-24H,3-4,37-38H2,1-2H3. The number of allylic oxidation sites excluding steroid dienone is 2. The van der Waals surface area contributed by atoms with Crippen molar-refractivity contribution in [3.63, 3.8) is 0 Å². The molecule has 46 heavy (non-hydrogen) atoms. The first kappa shape index (κ1) is 28.8. The topological polar surface area (TPSA) is 157 Å². The highest BCUT2D eigenvalue weighted by Gasteiger charge is 2.47. The minimum atomic E-state index is -0.913. The van der Waals surface area contributed by atoms with Gasteiger partial charge in [0.05, 0.1) is 36.2 Å². The van der Waals surface area contributed by atoms with Crippen molar-refractivity contribution < 1.29 is 38.1 Å². The molecule has 10 nitrogen and oxygen atoms in total. The predicted molar refractivity (Wildman–Crippen MR) is 165 cm³/mol. The number of benzene rings is 3. The fourth-order valence-electron chi connectivity index (χ4n) is 6.59. The van der Waals surface area contributed by atoms with E-state index in [9.17, 15) is 19.2 Å². The van der Waals surface area contributed by atoms with Crippen LogP contribution in [0.3, 0.4) is 0 Å². The van der Waals surface area contributed by atoms with Gasteiger partial charge in [0.15, 0.2) is 11.6 Å². The summed E-state index contributed by atoms with van der Waals surface area (Å²) in [6.45, 7) is 3.51. The molecule has 230 valence electrons. The van der Waals surface area contributed by atoms with E-state index >= 15 is 0 Å². The van der Waals surface area contributed by atoms with Gasteiger partial charge in [0.1, 0.15) is 22.7 Å². The molecule has 0 radical (unpaired) electrons. The van der Waals surface area contributed by atoms with Crippen LogP contribution in [0, 0.1) is 0 Å². The van der Waals surface area contributed by atoms with Crippen molar-refractivity contribution in [2.24, 2.45) is 11.5 Å². The molecular weight excluding hydrogens is 588 g/mol. The normalized spacial score (nSPS) is 19.7. The quantitative estimate of drug-likeness (QED) is 0.375. The van der Waals surface area contributed by atoms with Gasteiger partial charge in [-0.1, -0.05) is 72.8 Å². The number of hydrogen-bond donors (Lipinski definition) is 2. The molecule has 2 aliphatic carbocycles. The van der Waals surface area contributed by atoms with E-state index in [0.29, 0.717) is 33.4 Å². The smallest absolute Gasteiger partial charge is 0.340 e. The molecule has 4 aliphatic rings. The second-order valence-electron chi connectivity index (χ2n) is 11.0. The van der Waals surface area contributed by atoms with Crippen LogP contribution in [-0.2, 0) is 28.5 Å². The van der Waals surface area contributed by atoms with Crippen LogP contribution in [0.4, 0.5) is 0 Å². The van der Waals surface area contributed by atoms with Crippen LogP contribution >= 0.6 is 0 Å². The summed E-state index contributed by atoms with van der Waals surface area (Å²) in [5.41, 5.74) is 16.3. The van der Waals surface area contributed by atoms with Gasteiger partial charge in [-0.25, -0.2) is 9.59 Å². The van der Waals surface area contributed by atoms with Crippen LogP contribution in [-0.4, -0.2) is 36.7 Å². The number of carbonyl (C=O) groups is 4. The molecule has 10 heteroatoms. The Balaban J connectivity index is 1.36. The van der Waals surface area contributed by atoms with Crippen molar-refractivity contribution >= 4 is 35.0 Å². The Hall–Kier alpha value is -5.90. The predicted octanol–water partition coefficient (Wildman–Crippen LogP) is 4.60. The molecule has 2 aliphatic heterocycles. The Labute approximate surface area is 263 Å². The first-order chi connectivity index (χ1) is 22.3. The van der Waals surface area contributed by atoms with E-state index in [2.05, 4.69) is 0 Å². The van der Waals surface area contributed by atoms with Gasteiger partial charge in [0.2, 0.25) is 11.8 Å². The molecule has 2 atom stereocenters. The van der Waals surface area contributed by atoms with Crippen LogP contribution in [0.25, 0.3) is 11.5 Å². The number of rotatable bonds is 6. The molecule has 0 amide bonds. The summed E-state index contributed by atoms with van der Waals surface area (Å²) in [6, 6.07) is 20.9. The summed E-state index contributed by atoms with van der Waals surface area (Å²) < 4.78 is 22.5. The minimum absolute atomic E-state index is 0.00309. The van der Waals surface area contributed by atoms with E-state index in [-0.39, 0.29) is 70.4 Å². The van der Waals surface area contributed by atoms with Crippen molar-refractivity contribution in [3.05, 3.63) is 140 Å². The number of esters is 2. The number of Topliss-reactive ketones (excluding diaryl/α,β-unsaturated/α-hetero) is 2. The fraction of sp³-hybridized carbons (Fsp3) is 0.167. The van der Waals surface area contributed by atoms with Crippen LogP contribution < -0.4 is 11.5 Å². The number of hydrogen-bond acceptors (Lipinski definition) is 10. The molecule has 7 rings (SSSR count). The maximum absolute atomic E-state index is 13.8. The molecule has 2 heterocycles.